The quantitative estimate of drug-likeness (QED) is 0.401. The minimum absolute atomic E-state index is 0.441. The number of carboxylic acids is 1. The summed E-state index contributed by atoms with van der Waals surface area (Å²) in [4.78, 5) is 14.5. The number of nitrogens with one attached hydrogen (secondary N) is 1. The Hall–Kier alpha value is -3.53. The third-order valence-corrected chi connectivity index (χ3v) is 5.35. The maximum Gasteiger partial charge on any atom is 0.306 e. The van der Waals surface area contributed by atoms with Crippen LogP contribution in [0.4, 0.5) is 0 Å². The molecule has 30 heavy (non-hydrogen) atoms. The van der Waals surface area contributed by atoms with Crippen LogP contribution in [0.15, 0.2) is 72.9 Å². The molecule has 4 heteroatoms. The lowest BCUT2D eigenvalue weighted by molar-refractivity contribution is -0.141. The van der Waals surface area contributed by atoms with Crippen molar-refractivity contribution in [1.29, 1.82) is 0 Å². The molecule has 0 aliphatic carbocycles. The first-order chi connectivity index (χ1) is 14.5. The van der Waals surface area contributed by atoms with Gasteiger partial charge in [0, 0.05) is 17.3 Å². The third kappa shape index (κ3) is 4.38. The molecule has 1 unspecified atom stereocenters. The lowest BCUT2D eigenvalue weighted by Crippen LogP contribution is -2.12. The van der Waals surface area contributed by atoms with E-state index in [0.717, 1.165) is 38.9 Å². The number of ether oxygens (including phenoxy) is 1. The van der Waals surface area contributed by atoms with Crippen molar-refractivity contribution in [3.63, 3.8) is 0 Å². The normalized spacial score (nSPS) is 12.1. The molecule has 4 aromatic rings. The Balaban J connectivity index is 1.69. The Kier molecular flexibility index (Phi) is 5.57. The summed E-state index contributed by atoms with van der Waals surface area (Å²) in [7, 11) is 0. The fraction of sp³-hybridized carbons (Fsp3) is 0.192. The van der Waals surface area contributed by atoms with E-state index in [4.69, 9.17) is 4.74 Å². The summed E-state index contributed by atoms with van der Waals surface area (Å²) >= 11 is 0. The zero-order chi connectivity index (χ0) is 21.1. The first-order valence-corrected chi connectivity index (χ1v) is 10.1. The number of benzene rings is 3. The molecule has 1 atom stereocenters. The van der Waals surface area contributed by atoms with Crippen LogP contribution in [0.3, 0.4) is 0 Å². The Morgan fingerprint density at radius 1 is 1.03 bits per heavy atom. The summed E-state index contributed by atoms with van der Waals surface area (Å²) in [6.45, 7) is 4.28. The van der Waals surface area contributed by atoms with Crippen molar-refractivity contribution in [1.82, 2.24) is 4.98 Å². The summed E-state index contributed by atoms with van der Waals surface area (Å²) in [5.74, 6) is -0.438. The van der Waals surface area contributed by atoms with Crippen LogP contribution in [0.2, 0.25) is 0 Å². The molecule has 2 N–H and O–H groups in total. The maximum absolute atomic E-state index is 11.3. The van der Waals surface area contributed by atoms with Crippen molar-refractivity contribution in [2.45, 2.75) is 26.9 Å². The number of aryl methyl sites for hydroxylation is 1. The van der Waals surface area contributed by atoms with E-state index in [-0.39, 0.29) is 0 Å². The fourth-order valence-corrected chi connectivity index (χ4v) is 3.68. The lowest BCUT2D eigenvalue weighted by atomic mass is 9.96. The summed E-state index contributed by atoms with van der Waals surface area (Å²) in [5.41, 5.74) is 6.40. The summed E-state index contributed by atoms with van der Waals surface area (Å²) in [5, 5.41) is 10.4. The van der Waals surface area contributed by atoms with E-state index in [1.165, 1.54) is 5.56 Å². The van der Waals surface area contributed by atoms with Gasteiger partial charge in [0.1, 0.15) is 12.4 Å². The number of carbonyl (C=O) groups is 1. The Morgan fingerprint density at radius 2 is 1.90 bits per heavy atom. The van der Waals surface area contributed by atoms with E-state index in [1.54, 1.807) is 6.92 Å². The zero-order valence-electron chi connectivity index (χ0n) is 17.2. The molecule has 3 aromatic carbocycles. The highest BCUT2D eigenvalue weighted by molar-refractivity contribution is 5.86. The first-order valence-electron chi connectivity index (χ1n) is 10.1. The number of aromatic nitrogens is 1. The highest BCUT2D eigenvalue weighted by Crippen LogP contribution is 2.34. The SMILES string of the molecule is Cc1cccc(COc2ccc(CC(C)C(=O)O)cc2-c2ccc3[nH]ccc3c2)c1. The van der Waals surface area contributed by atoms with Gasteiger partial charge in [0.2, 0.25) is 0 Å². The van der Waals surface area contributed by atoms with Crippen molar-refractivity contribution in [3.8, 4) is 16.9 Å². The molecule has 4 rings (SSSR count). The molecule has 0 bridgehead atoms. The highest BCUT2D eigenvalue weighted by atomic mass is 16.5. The molecule has 1 heterocycles. The van der Waals surface area contributed by atoms with Crippen LogP contribution >= 0.6 is 0 Å². The van der Waals surface area contributed by atoms with Crippen molar-refractivity contribution in [3.05, 3.63) is 89.6 Å². The van der Waals surface area contributed by atoms with E-state index >= 15 is 0 Å². The van der Waals surface area contributed by atoms with Gasteiger partial charge in [-0.05, 0) is 65.8 Å². The van der Waals surface area contributed by atoms with Gasteiger partial charge in [-0.1, -0.05) is 48.9 Å². The van der Waals surface area contributed by atoms with Crippen molar-refractivity contribution in [2.75, 3.05) is 0 Å². The van der Waals surface area contributed by atoms with Gasteiger partial charge < -0.3 is 14.8 Å². The summed E-state index contributed by atoms with van der Waals surface area (Å²) < 4.78 is 6.21. The Bertz CT molecular complexity index is 1190. The number of H-pyrrole nitrogens is 1. The molecule has 0 spiro atoms. The van der Waals surface area contributed by atoms with Crippen LogP contribution in [0.5, 0.6) is 5.75 Å². The number of aliphatic carboxylic acids is 1. The molecule has 0 amide bonds. The Labute approximate surface area is 176 Å². The summed E-state index contributed by atoms with van der Waals surface area (Å²) in [6, 6.07) is 22.5. The number of rotatable bonds is 7. The smallest absolute Gasteiger partial charge is 0.306 e. The van der Waals surface area contributed by atoms with Crippen LogP contribution in [0.25, 0.3) is 22.0 Å². The lowest BCUT2D eigenvalue weighted by Gasteiger charge is -2.15. The van der Waals surface area contributed by atoms with Crippen LogP contribution in [-0.4, -0.2) is 16.1 Å². The largest absolute Gasteiger partial charge is 0.488 e. The minimum Gasteiger partial charge on any atom is -0.488 e. The number of hydrogen-bond donors (Lipinski definition) is 2. The molecule has 0 fully saturated rings. The second-order valence-electron chi connectivity index (χ2n) is 7.83. The average molecular weight is 399 g/mol. The molecule has 0 aliphatic rings. The fourth-order valence-electron chi connectivity index (χ4n) is 3.68. The van der Waals surface area contributed by atoms with Gasteiger partial charge in [-0.15, -0.1) is 0 Å². The van der Waals surface area contributed by atoms with Gasteiger partial charge in [0.25, 0.3) is 0 Å². The molecule has 152 valence electrons. The molecule has 0 radical (unpaired) electrons. The third-order valence-electron chi connectivity index (χ3n) is 5.35. The highest BCUT2D eigenvalue weighted by Gasteiger charge is 2.15. The minimum atomic E-state index is -0.787. The zero-order valence-corrected chi connectivity index (χ0v) is 17.2. The maximum atomic E-state index is 11.3. The van der Waals surface area contributed by atoms with Gasteiger partial charge >= 0.3 is 5.97 Å². The van der Waals surface area contributed by atoms with Crippen LogP contribution in [0, 0.1) is 12.8 Å². The van der Waals surface area contributed by atoms with Crippen LogP contribution < -0.4 is 4.74 Å². The number of carboxylic acid groups (broad SMARTS) is 1. The van der Waals surface area contributed by atoms with E-state index in [0.29, 0.717) is 13.0 Å². The van der Waals surface area contributed by atoms with Gasteiger partial charge in [-0.25, -0.2) is 0 Å². The van der Waals surface area contributed by atoms with Gasteiger partial charge in [-0.3, -0.25) is 4.79 Å². The van der Waals surface area contributed by atoms with Gasteiger partial charge in [0.15, 0.2) is 0 Å². The predicted molar refractivity (Wildman–Crippen MR) is 120 cm³/mol. The summed E-state index contributed by atoms with van der Waals surface area (Å²) in [6.07, 6.45) is 2.40. The van der Waals surface area contributed by atoms with E-state index in [9.17, 15) is 9.90 Å². The Morgan fingerprint density at radius 3 is 2.70 bits per heavy atom. The molecule has 0 saturated heterocycles. The average Bonchev–Trinajstić information content (AvgIpc) is 3.20. The molecule has 4 nitrogen and oxygen atoms in total. The predicted octanol–water partition coefficient (Wildman–Crippen LogP) is 5.99. The van der Waals surface area contributed by atoms with E-state index < -0.39 is 11.9 Å². The standard InChI is InChI=1S/C26H25NO3/c1-17-4-3-5-20(12-17)16-30-25-9-6-19(13-18(2)26(28)29)14-23(25)21-7-8-24-22(15-21)10-11-27-24/h3-12,14-15,18,27H,13,16H2,1-2H3,(H,28,29). The van der Waals surface area contributed by atoms with E-state index in [2.05, 4.69) is 54.4 Å². The van der Waals surface area contributed by atoms with Crippen molar-refractivity contribution in [2.24, 2.45) is 5.92 Å². The molecule has 0 aliphatic heterocycles. The molecular weight excluding hydrogens is 374 g/mol. The number of fused-ring (bicyclic) bond motifs is 1. The molecule has 1 aromatic heterocycles. The monoisotopic (exact) mass is 399 g/mol. The van der Waals surface area contributed by atoms with Crippen LogP contribution in [0.1, 0.15) is 23.6 Å². The van der Waals surface area contributed by atoms with Gasteiger partial charge in [0.05, 0.1) is 5.92 Å². The second kappa shape index (κ2) is 8.46. The number of aromatic amines is 1. The first kappa shape index (κ1) is 19.8. The van der Waals surface area contributed by atoms with Gasteiger partial charge in [-0.2, -0.15) is 0 Å². The van der Waals surface area contributed by atoms with Crippen molar-refractivity contribution < 1.29 is 14.6 Å². The second-order valence-corrected chi connectivity index (χ2v) is 7.83. The number of hydrogen-bond acceptors (Lipinski definition) is 2. The topological polar surface area (TPSA) is 62.3 Å². The van der Waals surface area contributed by atoms with E-state index in [1.807, 2.05) is 30.5 Å². The van der Waals surface area contributed by atoms with Crippen molar-refractivity contribution >= 4 is 16.9 Å². The molecular formula is C26H25NO3. The molecule has 0 saturated carbocycles. The van der Waals surface area contributed by atoms with Crippen LogP contribution in [-0.2, 0) is 17.8 Å².